The highest BCUT2D eigenvalue weighted by Crippen LogP contribution is 2.18. The van der Waals surface area contributed by atoms with E-state index in [-0.39, 0.29) is 24.1 Å². The summed E-state index contributed by atoms with van der Waals surface area (Å²) in [7, 11) is 0. The maximum absolute atomic E-state index is 13.0. The molecule has 2 heterocycles. The number of carbonyl (C=O) groups is 1. The topological polar surface area (TPSA) is 59.0 Å². The first-order valence-corrected chi connectivity index (χ1v) is 7.95. The fraction of sp³-hybridized carbons (Fsp3) is 0.333. The molecule has 0 saturated carbocycles. The van der Waals surface area contributed by atoms with E-state index in [2.05, 4.69) is 31.7 Å². The van der Waals surface area contributed by atoms with Crippen LogP contribution >= 0.6 is 28.3 Å². The lowest BCUT2D eigenvalue weighted by Crippen LogP contribution is -2.37. The minimum atomic E-state index is -0.308. The summed E-state index contributed by atoms with van der Waals surface area (Å²) in [5, 5.41) is 10.5. The van der Waals surface area contributed by atoms with E-state index in [0.29, 0.717) is 28.4 Å². The van der Waals surface area contributed by atoms with E-state index in [1.807, 2.05) is 0 Å². The second-order valence-corrected chi connectivity index (χ2v) is 6.10. The van der Waals surface area contributed by atoms with Gasteiger partial charge in [-0.15, -0.1) is 12.4 Å². The monoisotopic (exact) mass is 402 g/mol. The molecule has 0 bridgehead atoms. The van der Waals surface area contributed by atoms with Gasteiger partial charge in [0.2, 0.25) is 0 Å². The lowest BCUT2D eigenvalue weighted by atomic mass is 10.2. The molecule has 2 N–H and O–H groups in total. The molecule has 3 rings (SSSR count). The van der Waals surface area contributed by atoms with E-state index >= 15 is 0 Å². The number of benzene rings is 1. The van der Waals surface area contributed by atoms with Gasteiger partial charge in [0.25, 0.3) is 5.91 Å². The fourth-order valence-electron chi connectivity index (χ4n) is 2.46. The Bertz CT molecular complexity index is 671. The van der Waals surface area contributed by atoms with Crippen LogP contribution in [0.25, 0.3) is 5.69 Å². The highest BCUT2D eigenvalue weighted by Gasteiger charge is 2.19. The summed E-state index contributed by atoms with van der Waals surface area (Å²) in [6.45, 7) is 1.60. The van der Waals surface area contributed by atoms with Gasteiger partial charge in [0, 0.05) is 18.8 Å². The average Bonchev–Trinajstić information content (AvgIpc) is 3.15. The van der Waals surface area contributed by atoms with Crippen LogP contribution in [-0.2, 0) is 0 Å². The molecule has 1 amide bonds. The van der Waals surface area contributed by atoms with Crippen molar-refractivity contribution in [3.05, 3.63) is 46.4 Å². The van der Waals surface area contributed by atoms with Gasteiger partial charge in [0.15, 0.2) is 5.69 Å². The van der Waals surface area contributed by atoms with Crippen molar-refractivity contribution < 1.29 is 9.18 Å². The number of aromatic nitrogens is 2. The maximum atomic E-state index is 13.0. The van der Waals surface area contributed by atoms with Crippen LogP contribution in [0.4, 0.5) is 4.39 Å². The summed E-state index contributed by atoms with van der Waals surface area (Å²) >= 11 is 3.35. The van der Waals surface area contributed by atoms with Crippen molar-refractivity contribution in [2.45, 2.75) is 18.9 Å². The molecule has 1 aliphatic heterocycles. The van der Waals surface area contributed by atoms with Crippen molar-refractivity contribution in [2.75, 3.05) is 13.1 Å². The smallest absolute Gasteiger partial charge is 0.273 e. The summed E-state index contributed by atoms with van der Waals surface area (Å²) in [6.07, 6.45) is 3.91. The maximum Gasteiger partial charge on any atom is 0.273 e. The molecule has 0 aliphatic carbocycles. The molecular weight excluding hydrogens is 387 g/mol. The largest absolute Gasteiger partial charge is 0.349 e. The Balaban J connectivity index is 0.00000192. The summed E-state index contributed by atoms with van der Waals surface area (Å²) in [4.78, 5) is 12.2. The summed E-state index contributed by atoms with van der Waals surface area (Å²) in [5.74, 6) is -0.529. The lowest BCUT2D eigenvalue weighted by molar-refractivity contribution is 0.0944. The first-order chi connectivity index (χ1) is 10.6. The van der Waals surface area contributed by atoms with Crippen LogP contribution in [0.3, 0.4) is 0 Å². The predicted molar refractivity (Wildman–Crippen MR) is 91.8 cm³/mol. The van der Waals surface area contributed by atoms with Crippen LogP contribution in [0.2, 0.25) is 0 Å². The van der Waals surface area contributed by atoms with Crippen molar-refractivity contribution in [3.8, 4) is 5.69 Å². The third-order valence-electron chi connectivity index (χ3n) is 3.65. The minimum absolute atomic E-state index is 0. The lowest BCUT2D eigenvalue weighted by Gasteiger charge is -2.10. The number of nitrogens with one attached hydrogen (secondary N) is 2. The third-order valence-corrected chi connectivity index (χ3v) is 4.23. The van der Waals surface area contributed by atoms with Gasteiger partial charge in [0.1, 0.15) is 5.82 Å². The Kier molecular flexibility index (Phi) is 6.15. The van der Waals surface area contributed by atoms with Crippen molar-refractivity contribution in [1.29, 1.82) is 0 Å². The summed E-state index contributed by atoms with van der Waals surface area (Å²) in [6, 6.07) is 6.27. The first kappa shape index (κ1) is 17.9. The molecule has 1 fully saturated rings. The molecule has 1 aliphatic rings. The van der Waals surface area contributed by atoms with Crippen LogP contribution in [0, 0.1) is 5.82 Å². The molecule has 0 radical (unpaired) electrons. The van der Waals surface area contributed by atoms with Crippen molar-refractivity contribution in [2.24, 2.45) is 0 Å². The molecule has 1 aromatic carbocycles. The van der Waals surface area contributed by atoms with Gasteiger partial charge in [-0.3, -0.25) is 4.79 Å². The minimum Gasteiger partial charge on any atom is -0.349 e. The third kappa shape index (κ3) is 4.31. The molecule has 5 nitrogen and oxygen atoms in total. The molecular formula is C15H17BrClFN4O. The Morgan fingerprint density at radius 1 is 1.43 bits per heavy atom. The zero-order valence-corrected chi connectivity index (χ0v) is 14.7. The van der Waals surface area contributed by atoms with E-state index in [1.54, 1.807) is 23.0 Å². The molecule has 2 aromatic rings. The van der Waals surface area contributed by atoms with Crippen molar-refractivity contribution in [3.63, 3.8) is 0 Å². The molecule has 23 heavy (non-hydrogen) atoms. The number of carbonyl (C=O) groups excluding carboxylic acids is 1. The SMILES string of the molecule is Cl.O=C(NCC1CCCN1)c1nn(-c2ccc(F)cc2)cc1Br. The fourth-order valence-corrected chi connectivity index (χ4v) is 2.92. The van der Waals surface area contributed by atoms with Gasteiger partial charge < -0.3 is 10.6 Å². The Labute approximate surface area is 148 Å². The number of nitrogens with zero attached hydrogens (tertiary/aromatic N) is 2. The normalized spacial score (nSPS) is 16.9. The van der Waals surface area contributed by atoms with Crippen molar-refractivity contribution in [1.82, 2.24) is 20.4 Å². The van der Waals surface area contributed by atoms with Crippen LogP contribution in [-0.4, -0.2) is 34.8 Å². The Morgan fingerprint density at radius 3 is 2.83 bits per heavy atom. The number of halogens is 3. The van der Waals surface area contributed by atoms with Gasteiger partial charge in [0.05, 0.1) is 10.2 Å². The van der Waals surface area contributed by atoms with Crippen LogP contribution in [0.5, 0.6) is 0 Å². The zero-order chi connectivity index (χ0) is 15.5. The Hall–Kier alpha value is -1.44. The van der Waals surface area contributed by atoms with E-state index < -0.39 is 0 Å². The van der Waals surface area contributed by atoms with Gasteiger partial charge in [-0.25, -0.2) is 9.07 Å². The summed E-state index contributed by atoms with van der Waals surface area (Å²) < 4.78 is 15.1. The average molecular weight is 404 g/mol. The zero-order valence-electron chi connectivity index (χ0n) is 12.3. The van der Waals surface area contributed by atoms with E-state index in [0.717, 1.165) is 19.4 Å². The standard InChI is InChI=1S/C15H16BrFN4O.ClH/c16-13-9-21(12-5-3-10(17)4-6-12)20-14(13)15(22)19-8-11-2-1-7-18-11;/h3-6,9,11,18H,1-2,7-8H2,(H,19,22);1H. The van der Waals surface area contributed by atoms with E-state index in [4.69, 9.17) is 0 Å². The van der Waals surface area contributed by atoms with Gasteiger partial charge in [-0.1, -0.05) is 0 Å². The van der Waals surface area contributed by atoms with Crippen LogP contribution in [0.15, 0.2) is 34.9 Å². The van der Waals surface area contributed by atoms with Crippen molar-refractivity contribution >= 4 is 34.2 Å². The molecule has 124 valence electrons. The quantitative estimate of drug-likeness (QED) is 0.825. The van der Waals surface area contributed by atoms with Gasteiger partial charge in [-0.05, 0) is 59.6 Å². The van der Waals surface area contributed by atoms with E-state index in [9.17, 15) is 9.18 Å². The number of hydrogen-bond donors (Lipinski definition) is 2. The van der Waals surface area contributed by atoms with Crippen LogP contribution < -0.4 is 10.6 Å². The second-order valence-electron chi connectivity index (χ2n) is 5.25. The second kappa shape index (κ2) is 7.90. The van der Waals surface area contributed by atoms with E-state index in [1.165, 1.54) is 12.1 Å². The number of amides is 1. The first-order valence-electron chi connectivity index (χ1n) is 7.16. The number of hydrogen-bond acceptors (Lipinski definition) is 3. The number of rotatable bonds is 4. The molecule has 1 saturated heterocycles. The summed E-state index contributed by atoms with van der Waals surface area (Å²) in [5.41, 5.74) is 1.01. The van der Waals surface area contributed by atoms with Gasteiger partial charge in [-0.2, -0.15) is 5.10 Å². The molecule has 1 aromatic heterocycles. The molecule has 1 unspecified atom stereocenters. The van der Waals surface area contributed by atoms with Crippen LogP contribution in [0.1, 0.15) is 23.3 Å². The molecule has 0 spiro atoms. The highest BCUT2D eigenvalue weighted by atomic mass is 79.9. The molecule has 1 atom stereocenters. The van der Waals surface area contributed by atoms with Gasteiger partial charge >= 0.3 is 0 Å². The highest BCUT2D eigenvalue weighted by molar-refractivity contribution is 9.10. The predicted octanol–water partition coefficient (Wildman–Crippen LogP) is 2.68. The Morgan fingerprint density at radius 2 is 2.17 bits per heavy atom. The molecule has 8 heteroatoms.